The van der Waals surface area contributed by atoms with E-state index in [1.165, 1.54) is 32.1 Å². The molecule has 3 rings (SSSR count). The van der Waals surface area contributed by atoms with Gasteiger partial charge in [-0.15, -0.1) is 0 Å². The van der Waals surface area contributed by atoms with E-state index in [1.54, 1.807) is 13.0 Å². The van der Waals surface area contributed by atoms with Gasteiger partial charge in [-0.25, -0.2) is 4.79 Å². The van der Waals surface area contributed by atoms with Crippen molar-refractivity contribution >= 4 is 5.97 Å². The third-order valence-electron chi connectivity index (χ3n) is 4.77. The van der Waals surface area contributed by atoms with Crippen LogP contribution in [0.1, 0.15) is 56.4 Å². The molecule has 5 heteroatoms. The Kier molecular flexibility index (Phi) is 5.74. The number of hydrogen-bond donors (Lipinski definition) is 0. The summed E-state index contributed by atoms with van der Waals surface area (Å²) in [5, 5.41) is 3.82. The van der Waals surface area contributed by atoms with Crippen molar-refractivity contribution in [2.45, 2.75) is 52.1 Å². The van der Waals surface area contributed by atoms with Crippen LogP contribution in [0.25, 0.3) is 11.3 Å². The Morgan fingerprint density at radius 2 is 2.04 bits per heavy atom. The highest BCUT2D eigenvalue weighted by Gasteiger charge is 2.23. The predicted molar refractivity (Wildman–Crippen MR) is 94.6 cm³/mol. The maximum absolute atomic E-state index is 11.8. The fourth-order valence-corrected chi connectivity index (χ4v) is 3.38. The number of ether oxygens (including phenoxy) is 2. The van der Waals surface area contributed by atoms with E-state index in [0.717, 1.165) is 11.3 Å². The molecule has 0 spiro atoms. The Morgan fingerprint density at radius 1 is 1.28 bits per heavy atom. The van der Waals surface area contributed by atoms with Crippen LogP contribution in [-0.2, 0) is 4.74 Å². The summed E-state index contributed by atoms with van der Waals surface area (Å²) < 4.78 is 16.6. The number of rotatable bonds is 6. The lowest BCUT2D eigenvalue weighted by atomic mass is 9.86. The summed E-state index contributed by atoms with van der Waals surface area (Å²) in [5.74, 6) is 1.37. The van der Waals surface area contributed by atoms with Gasteiger partial charge >= 0.3 is 5.97 Å². The van der Waals surface area contributed by atoms with E-state index in [1.807, 2.05) is 24.3 Å². The summed E-state index contributed by atoms with van der Waals surface area (Å²) >= 11 is 0. The minimum absolute atomic E-state index is 0.147. The summed E-state index contributed by atoms with van der Waals surface area (Å²) in [4.78, 5) is 11.8. The first-order valence-electron chi connectivity index (χ1n) is 9.09. The first-order valence-corrected chi connectivity index (χ1v) is 9.09. The van der Waals surface area contributed by atoms with Crippen molar-refractivity contribution in [2.24, 2.45) is 5.92 Å². The maximum atomic E-state index is 11.8. The lowest BCUT2D eigenvalue weighted by Gasteiger charge is -2.28. The van der Waals surface area contributed by atoms with E-state index in [9.17, 15) is 4.79 Å². The molecule has 0 amide bonds. The molecule has 134 valence electrons. The standard InChI is InChI=1S/C20H25NO4/c1-3-23-20(22)17-13-19(25-21-17)16-11-7-8-12-18(16)24-14(2)15-9-5-4-6-10-15/h7-8,11-15H,3-6,9-10H2,1-2H3. The first kappa shape index (κ1) is 17.5. The number of carbonyl (C=O) groups is 1. The Bertz CT molecular complexity index is 703. The smallest absolute Gasteiger partial charge is 0.360 e. The highest BCUT2D eigenvalue weighted by molar-refractivity contribution is 5.88. The second-order valence-corrected chi connectivity index (χ2v) is 6.51. The van der Waals surface area contributed by atoms with E-state index < -0.39 is 5.97 Å². The van der Waals surface area contributed by atoms with Gasteiger partial charge in [0.25, 0.3) is 0 Å². The number of aromatic nitrogens is 1. The number of benzene rings is 1. The van der Waals surface area contributed by atoms with Crippen LogP contribution in [-0.4, -0.2) is 23.8 Å². The molecule has 0 aliphatic heterocycles. The molecule has 1 heterocycles. The topological polar surface area (TPSA) is 61.6 Å². The van der Waals surface area contributed by atoms with Gasteiger partial charge < -0.3 is 14.0 Å². The Morgan fingerprint density at radius 3 is 2.80 bits per heavy atom. The quantitative estimate of drug-likeness (QED) is 0.701. The molecule has 1 unspecified atom stereocenters. The fourth-order valence-electron chi connectivity index (χ4n) is 3.38. The van der Waals surface area contributed by atoms with E-state index in [4.69, 9.17) is 14.0 Å². The summed E-state index contributed by atoms with van der Waals surface area (Å²) in [6.07, 6.45) is 6.48. The molecular weight excluding hydrogens is 318 g/mol. The largest absolute Gasteiger partial charge is 0.490 e. The van der Waals surface area contributed by atoms with Gasteiger partial charge in [-0.05, 0) is 44.7 Å². The zero-order valence-electron chi connectivity index (χ0n) is 14.9. The Hall–Kier alpha value is -2.30. The van der Waals surface area contributed by atoms with Gasteiger partial charge in [-0.3, -0.25) is 0 Å². The van der Waals surface area contributed by atoms with Gasteiger partial charge in [0.2, 0.25) is 0 Å². The van der Waals surface area contributed by atoms with Crippen LogP contribution >= 0.6 is 0 Å². The number of para-hydroxylation sites is 1. The van der Waals surface area contributed by atoms with Crippen molar-refractivity contribution < 1.29 is 18.8 Å². The molecule has 0 saturated heterocycles. The fraction of sp³-hybridized carbons (Fsp3) is 0.500. The minimum Gasteiger partial charge on any atom is -0.490 e. The second kappa shape index (κ2) is 8.19. The van der Waals surface area contributed by atoms with Crippen molar-refractivity contribution in [1.29, 1.82) is 0 Å². The van der Waals surface area contributed by atoms with Gasteiger partial charge in [0.05, 0.1) is 18.3 Å². The van der Waals surface area contributed by atoms with E-state index in [-0.39, 0.29) is 11.8 Å². The van der Waals surface area contributed by atoms with Gasteiger partial charge in [0, 0.05) is 6.07 Å². The number of nitrogens with zero attached hydrogens (tertiary/aromatic N) is 1. The summed E-state index contributed by atoms with van der Waals surface area (Å²) in [6, 6.07) is 9.31. The summed E-state index contributed by atoms with van der Waals surface area (Å²) in [5.41, 5.74) is 0.972. The third kappa shape index (κ3) is 4.21. The lowest BCUT2D eigenvalue weighted by Crippen LogP contribution is -2.25. The zero-order valence-corrected chi connectivity index (χ0v) is 14.9. The highest BCUT2D eigenvalue weighted by atomic mass is 16.5. The summed E-state index contributed by atoms with van der Waals surface area (Å²) in [7, 11) is 0. The molecule has 0 N–H and O–H groups in total. The average Bonchev–Trinajstić information content (AvgIpc) is 3.13. The van der Waals surface area contributed by atoms with Crippen LogP contribution in [0.4, 0.5) is 0 Å². The number of esters is 1. The molecule has 5 nitrogen and oxygen atoms in total. The molecule has 1 aromatic carbocycles. The lowest BCUT2D eigenvalue weighted by molar-refractivity contribution is 0.0514. The van der Waals surface area contributed by atoms with Crippen LogP contribution in [0.3, 0.4) is 0 Å². The average molecular weight is 343 g/mol. The molecular formula is C20H25NO4. The molecule has 1 fully saturated rings. The molecule has 1 atom stereocenters. The number of carbonyl (C=O) groups excluding carboxylic acids is 1. The van der Waals surface area contributed by atoms with E-state index >= 15 is 0 Å². The molecule has 0 radical (unpaired) electrons. The monoisotopic (exact) mass is 343 g/mol. The van der Waals surface area contributed by atoms with Gasteiger partial charge in [0.1, 0.15) is 5.75 Å². The van der Waals surface area contributed by atoms with Crippen LogP contribution in [0.5, 0.6) is 5.75 Å². The van der Waals surface area contributed by atoms with Gasteiger partial charge in [-0.2, -0.15) is 0 Å². The third-order valence-corrected chi connectivity index (χ3v) is 4.77. The molecule has 1 aliphatic carbocycles. The molecule has 1 aromatic heterocycles. The van der Waals surface area contributed by atoms with Gasteiger partial charge in [0.15, 0.2) is 11.5 Å². The van der Waals surface area contributed by atoms with Crippen molar-refractivity contribution in [3.63, 3.8) is 0 Å². The van der Waals surface area contributed by atoms with Crippen LogP contribution < -0.4 is 4.74 Å². The van der Waals surface area contributed by atoms with Crippen LogP contribution in [0.2, 0.25) is 0 Å². The van der Waals surface area contributed by atoms with Crippen molar-refractivity contribution in [1.82, 2.24) is 5.16 Å². The van der Waals surface area contributed by atoms with Crippen molar-refractivity contribution in [3.8, 4) is 17.1 Å². The maximum Gasteiger partial charge on any atom is 0.360 e. The van der Waals surface area contributed by atoms with Crippen molar-refractivity contribution in [3.05, 3.63) is 36.0 Å². The normalized spacial score (nSPS) is 16.4. The van der Waals surface area contributed by atoms with Crippen molar-refractivity contribution in [2.75, 3.05) is 6.61 Å². The highest BCUT2D eigenvalue weighted by Crippen LogP contribution is 2.34. The van der Waals surface area contributed by atoms with Crippen LogP contribution in [0.15, 0.2) is 34.9 Å². The van der Waals surface area contributed by atoms with Gasteiger partial charge in [-0.1, -0.05) is 36.6 Å². The predicted octanol–water partition coefficient (Wildman–Crippen LogP) is 4.87. The molecule has 25 heavy (non-hydrogen) atoms. The molecule has 2 aromatic rings. The van der Waals surface area contributed by atoms with Crippen LogP contribution in [0, 0.1) is 5.92 Å². The zero-order chi connectivity index (χ0) is 17.6. The molecule has 1 saturated carbocycles. The molecule has 0 bridgehead atoms. The van der Waals surface area contributed by atoms with E-state index in [2.05, 4.69) is 12.1 Å². The summed E-state index contributed by atoms with van der Waals surface area (Å²) in [6.45, 7) is 4.20. The minimum atomic E-state index is -0.480. The Balaban J connectivity index is 1.77. The number of hydrogen-bond acceptors (Lipinski definition) is 5. The first-order chi connectivity index (χ1) is 12.2. The molecule has 1 aliphatic rings. The SMILES string of the molecule is CCOC(=O)c1cc(-c2ccccc2OC(C)C2CCCCC2)on1. The van der Waals surface area contributed by atoms with E-state index in [0.29, 0.717) is 18.3 Å². The Labute approximate surface area is 148 Å². The second-order valence-electron chi connectivity index (χ2n) is 6.51.